The highest BCUT2D eigenvalue weighted by Crippen LogP contribution is 2.26. The van der Waals surface area contributed by atoms with Crippen LogP contribution in [0.3, 0.4) is 0 Å². The lowest BCUT2D eigenvalue weighted by Gasteiger charge is -2.31. The zero-order chi connectivity index (χ0) is 15.7. The second-order valence-corrected chi connectivity index (χ2v) is 6.42. The van der Waals surface area contributed by atoms with Crippen molar-refractivity contribution in [1.29, 1.82) is 0 Å². The smallest absolute Gasteiger partial charge is 0.326 e. The van der Waals surface area contributed by atoms with Gasteiger partial charge in [-0.2, -0.15) is 0 Å². The Hall–Kier alpha value is -0.610. The average Bonchev–Trinajstić information content (AvgIpc) is 3.22. The third kappa shape index (κ3) is 7.28. The molecule has 0 amide bonds. The Bertz CT molecular complexity index is 304. The number of hydrogen-bond acceptors (Lipinski definition) is 4. The normalized spacial score (nSPS) is 19.0. The molecule has 0 radical (unpaired) electrons. The van der Waals surface area contributed by atoms with E-state index in [-0.39, 0.29) is 12.1 Å². The Morgan fingerprint density at radius 1 is 1.29 bits per heavy atom. The van der Waals surface area contributed by atoms with E-state index in [1.807, 2.05) is 20.8 Å². The summed E-state index contributed by atoms with van der Waals surface area (Å²) in [4.78, 5) is 12.2. The molecule has 0 saturated heterocycles. The minimum absolute atomic E-state index is 0.0623. The number of rotatable bonds is 12. The van der Waals surface area contributed by atoms with Crippen LogP contribution < -0.4 is 5.32 Å². The molecule has 2 atom stereocenters. The number of ether oxygens (including phenoxy) is 2. The number of carbonyl (C=O) groups is 1. The van der Waals surface area contributed by atoms with Gasteiger partial charge in [0.2, 0.25) is 0 Å². The first kappa shape index (κ1) is 18.4. The van der Waals surface area contributed by atoms with Crippen molar-refractivity contribution in [3.05, 3.63) is 0 Å². The van der Waals surface area contributed by atoms with E-state index in [1.165, 1.54) is 19.3 Å². The molecular weight excluding hydrogens is 266 g/mol. The van der Waals surface area contributed by atoms with Crippen LogP contribution in [0.4, 0.5) is 0 Å². The van der Waals surface area contributed by atoms with Gasteiger partial charge in [-0.3, -0.25) is 10.1 Å². The molecule has 1 fully saturated rings. The number of carbonyl (C=O) groups excluding carboxylic acids is 1. The Morgan fingerprint density at radius 3 is 2.57 bits per heavy atom. The van der Waals surface area contributed by atoms with Gasteiger partial charge in [0.05, 0.1) is 12.7 Å². The van der Waals surface area contributed by atoms with Crippen molar-refractivity contribution < 1.29 is 14.3 Å². The third-order valence-electron chi connectivity index (χ3n) is 3.92. The number of nitrogens with one attached hydrogen (secondary N) is 1. The van der Waals surface area contributed by atoms with Gasteiger partial charge in [0, 0.05) is 19.1 Å². The maximum Gasteiger partial charge on any atom is 0.326 e. The molecular formula is C17H33NO3. The van der Waals surface area contributed by atoms with Crippen LogP contribution in [-0.4, -0.2) is 36.9 Å². The van der Waals surface area contributed by atoms with Crippen LogP contribution in [0, 0.1) is 0 Å². The number of hydrogen-bond donors (Lipinski definition) is 1. The predicted molar refractivity (Wildman–Crippen MR) is 85.4 cm³/mol. The molecule has 0 aromatic heterocycles. The first-order valence-electron chi connectivity index (χ1n) is 8.58. The van der Waals surface area contributed by atoms with Crippen molar-refractivity contribution >= 4 is 5.97 Å². The second-order valence-electron chi connectivity index (χ2n) is 6.42. The summed E-state index contributed by atoms with van der Waals surface area (Å²) in [5, 5.41) is 3.44. The molecule has 0 aromatic carbocycles. The van der Waals surface area contributed by atoms with E-state index in [4.69, 9.17) is 9.47 Å². The van der Waals surface area contributed by atoms with Gasteiger partial charge in [-0.05, 0) is 40.0 Å². The van der Waals surface area contributed by atoms with Gasteiger partial charge in [0.1, 0.15) is 5.54 Å². The summed E-state index contributed by atoms with van der Waals surface area (Å²) in [6.07, 6.45) is 7.86. The molecule has 4 nitrogen and oxygen atoms in total. The van der Waals surface area contributed by atoms with Crippen molar-refractivity contribution in [3.63, 3.8) is 0 Å². The quantitative estimate of drug-likeness (QED) is 0.443. The SMILES string of the molecule is CCCCCCOC(C)CC(C)(NC1CC1)C(=O)OCC. The molecule has 1 saturated carbocycles. The Labute approximate surface area is 130 Å². The number of esters is 1. The zero-order valence-corrected chi connectivity index (χ0v) is 14.2. The lowest BCUT2D eigenvalue weighted by Crippen LogP contribution is -2.53. The first-order valence-corrected chi connectivity index (χ1v) is 8.58. The lowest BCUT2D eigenvalue weighted by atomic mass is 9.94. The summed E-state index contributed by atoms with van der Waals surface area (Å²) in [6, 6.07) is 0.469. The standard InChI is InChI=1S/C17H33NO3/c1-5-7-8-9-12-21-14(3)13-17(4,16(19)20-6-2)18-15-10-11-15/h14-15,18H,5-13H2,1-4H3. The van der Waals surface area contributed by atoms with Crippen molar-refractivity contribution in [2.75, 3.05) is 13.2 Å². The van der Waals surface area contributed by atoms with Gasteiger partial charge in [-0.1, -0.05) is 26.2 Å². The third-order valence-corrected chi connectivity index (χ3v) is 3.92. The van der Waals surface area contributed by atoms with E-state index in [9.17, 15) is 4.79 Å². The van der Waals surface area contributed by atoms with Gasteiger partial charge >= 0.3 is 5.97 Å². The summed E-state index contributed by atoms with van der Waals surface area (Å²) in [6.45, 7) is 9.25. The highest BCUT2D eigenvalue weighted by atomic mass is 16.5. The van der Waals surface area contributed by atoms with Crippen molar-refractivity contribution in [3.8, 4) is 0 Å². The maximum atomic E-state index is 12.2. The van der Waals surface area contributed by atoms with Crippen molar-refractivity contribution in [2.45, 2.75) is 90.3 Å². The number of unbranched alkanes of at least 4 members (excludes halogenated alkanes) is 3. The lowest BCUT2D eigenvalue weighted by molar-refractivity contribution is -0.152. The van der Waals surface area contributed by atoms with Gasteiger partial charge in [-0.15, -0.1) is 0 Å². The van der Waals surface area contributed by atoms with E-state index in [2.05, 4.69) is 12.2 Å². The monoisotopic (exact) mass is 299 g/mol. The average molecular weight is 299 g/mol. The molecule has 0 heterocycles. The van der Waals surface area contributed by atoms with Crippen LogP contribution >= 0.6 is 0 Å². The second kappa shape index (κ2) is 9.42. The van der Waals surface area contributed by atoms with Crippen LogP contribution in [0.15, 0.2) is 0 Å². The Kier molecular flexibility index (Phi) is 8.27. The van der Waals surface area contributed by atoms with Gasteiger partial charge < -0.3 is 9.47 Å². The van der Waals surface area contributed by atoms with Gasteiger partial charge in [-0.25, -0.2) is 0 Å². The van der Waals surface area contributed by atoms with Crippen molar-refractivity contribution in [1.82, 2.24) is 5.32 Å². The maximum absolute atomic E-state index is 12.2. The molecule has 1 aliphatic carbocycles. The van der Waals surface area contributed by atoms with E-state index in [0.29, 0.717) is 19.1 Å². The Balaban J connectivity index is 2.37. The molecule has 4 heteroatoms. The fourth-order valence-electron chi connectivity index (χ4n) is 2.62. The van der Waals surface area contributed by atoms with Crippen LogP contribution in [0.5, 0.6) is 0 Å². The fourth-order valence-corrected chi connectivity index (χ4v) is 2.62. The summed E-state index contributed by atoms with van der Waals surface area (Å²) in [5.74, 6) is -0.154. The molecule has 21 heavy (non-hydrogen) atoms. The summed E-state index contributed by atoms with van der Waals surface area (Å²) in [5.41, 5.74) is -0.625. The van der Waals surface area contributed by atoms with E-state index >= 15 is 0 Å². The minimum atomic E-state index is -0.625. The molecule has 1 rings (SSSR count). The molecule has 0 aliphatic heterocycles. The van der Waals surface area contributed by atoms with Gasteiger partial charge in [0.25, 0.3) is 0 Å². The molecule has 0 spiro atoms. The largest absolute Gasteiger partial charge is 0.465 e. The highest BCUT2D eigenvalue weighted by Gasteiger charge is 2.40. The topological polar surface area (TPSA) is 47.6 Å². The summed E-state index contributed by atoms with van der Waals surface area (Å²) < 4.78 is 11.1. The van der Waals surface area contributed by atoms with E-state index in [1.54, 1.807) is 0 Å². The first-order chi connectivity index (χ1) is 10.0. The molecule has 1 aliphatic rings. The fraction of sp³-hybridized carbons (Fsp3) is 0.941. The van der Waals surface area contributed by atoms with Crippen molar-refractivity contribution in [2.24, 2.45) is 0 Å². The summed E-state index contributed by atoms with van der Waals surface area (Å²) in [7, 11) is 0. The summed E-state index contributed by atoms with van der Waals surface area (Å²) >= 11 is 0. The van der Waals surface area contributed by atoms with E-state index < -0.39 is 5.54 Å². The molecule has 2 unspecified atom stereocenters. The van der Waals surface area contributed by atoms with Crippen LogP contribution in [0.2, 0.25) is 0 Å². The molecule has 1 N–H and O–H groups in total. The van der Waals surface area contributed by atoms with E-state index in [0.717, 1.165) is 25.9 Å². The predicted octanol–water partition coefficient (Wildman–Crippen LogP) is 3.44. The highest BCUT2D eigenvalue weighted by molar-refractivity contribution is 5.80. The van der Waals surface area contributed by atoms with Crippen LogP contribution in [-0.2, 0) is 14.3 Å². The molecule has 124 valence electrons. The van der Waals surface area contributed by atoms with Crippen LogP contribution in [0.25, 0.3) is 0 Å². The minimum Gasteiger partial charge on any atom is -0.465 e. The molecule has 0 aromatic rings. The van der Waals surface area contributed by atoms with Crippen LogP contribution in [0.1, 0.15) is 72.6 Å². The van der Waals surface area contributed by atoms with Gasteiger partial charge in [0.15, 0.2) is 0 Å². The Morgan fingerprint density at radius 2 is 2.00 bits per heavy atom. The zero-order valence-electron chi connectivity index (χ0n) is 14.2. The molecule has 0 bridgehead atoms.